The maximum absolute atomic E-state index is 11.9. The molecule has 0 saturated carbocycles. The van der Waals surface area contributed by atoms with Crippen LogP contribution in [0.3, 0.4) is 0 Å². The van der Waals surface area contributed by atoms with E-state index in [-0.39, 0.29) is 17.9 Å². The number of nitrogens with one attached hydrogen (secondary N) is 1. The molecule has 0 bridgehead atoms. The fourth-order valence-electron chi connectivity index (χ4n) is 2.82. The number of benzene rings is 1. The lowest BCUT2D eigenvalue weighted by Crippen LogP contribution is -2.46. The molecule has 1 saturated heterocycles. The molecule has 1 aromatic carbocycles. The smallest absolute Gasteiger partial charge is 0.331 e. The van der Waals surface area contributed by atoms with E-state index in [9.17, 15) is 14.4 Å². The van der Waals surface area contributed by atoms with E-state index in [0.29, 0.717) is 0 Å². The van der Waals surface area contributed by atoms with Crippen molar-refractivity contribution in [2.45, 2.75) is 13.3 Å². The molecule has 3 N–H and O–H groups in total. The minimum atomic E-state index is -1.08. The maximum atomic E-state index is 11.9. The number of carbonyl (C=O) groups excluding carboxylic acids is 1. The summed E-state index contributed by atoms with van der Waals surface area (Å²) < 4.78 is 0. The SMILES string of the molecule is C[C@]1(C(=O)O)C=CC=C(C(=O)O)C1.O=C(c1ccccc1)N1CCNCC1. The molecule has 1 aromatic rings. The van der Waals surface area contributed by atoms with Crippen molar-refractivity contribution in [3.63, 3.8) is 0 Å². The van der Waals surface area contributed by atoms with Crippen molar-refractivity contribution >= 4 is 17.8 Å². The van der Waals surface area contributed by atoms with E-state index in [1.54, 1.807) is 0 Å². The largest absolute Gasteiger partial charge is 0.481 e. The molecule has 1 atom stereocenters. The minimum absolute atomic E-state index is 0.0359. The van der Waals surface area contributed by atoms with Crippen LogP contribution in [0.25, 0.3) is 0 Å². The number of allylic oxidation sites excluding steroid dienone is 2. The van der Waals surface area contributed by atoms with Crippen molar-refractivity contribution in [1.29, 1.82) is 0 Å². The number of piperazine rings is 1. The standard InChI is InChI=1S/C11H14N2O.C9H10O4/c14-11(10-4-2-1-3-5-10)13-8-6-12-7-9-13;1-9(8(12)13)4-2-3-6(5-9)7(10)11/h1-5,12H,6-9H2;2-4H,5H2,1H3,(H,10,11)(H,12,13)/t;9-/m.0/s1. The summed E-state index contributed by atoms with van der Waals surface area (Å²) in [6.07, 6.45) is 4.43. The highest BCUT2D eigenvalue weighted by atomic mass is 16.4. The fraction of sp³-hybridized carbons (Fsp3) is 0.350. The van der Waals surface area contributed by atoms with Crippen LogP contribution in [0.1, 0.15) is 23.7 Å². The van der Waals surface area contributed by atoms with Gasteiger partial charge in [-0.25, -0.2) is 4.79 Å². The number of carboxylic acid groups (broad SMARTS) is 2. The number of hydrogen-bond acceptors (Lipinski definition) is 4. The van der Waals surface area contributed by atoms with Crippen LogP contribution in [0, 0.1) is 5.41 Å². The molecular formula is C20H24N2O5. The van der Waals surface area contributed by atoms with E-state index < -0.39 is 17.4 Å². The van der Waals surface area contributed by atoms with Gasteiger partial charge in [0, 0.05) is 37.3 Å². The van der Waals surface area contributed by atoms with Crippen LogP contribution in [-0.4, -0.2) is 59.1 Å². The third-order valence-electron chi connectivity index (χ3n) is 4.51. The van der Waals surface area contributed by atoms with Gasteiger partial charge in [0.05, 0.1) is 5.41 Å². The van der Waals surface area contributed by atoms with Gasteiger partial charge in [0.15, 0.2) is 0 Å². The Kier molecular flexibility index (Phi) is 6.90. The van der Waals surface area contributed by atoms with E-state index in [2.05, 4.69) is 5.32 Å². The van der Waals surface area contributed by atoms with Gasteiger partial charge in [0.25, 0.3) is 5.91 Å². The number of amides is 1. The molecule has 3 rings (SSSR count). The lowest BCUT2D eigenvalue weighted by atomic mass is 9.80. The molecule has 0 spiro atoms. The average Bonchev–Trinajstić information content (AvgIpc) is 2.69. The maximum Gasteiger partial charge on any atom is 0.331 e. The molecule has 1 aliphatic carbocycles. The summed E-state index contributed by atoms with van der Waals surface area (Å²) in [5.74, 6) is -1.92. The number of nitrogens with zero attached hydrogens (tertiary/aromatic N) is 1. The zero-order valence-corrected chi connectivity index (χ0v) is 15.2. The van der Waals surface area contributed by atoms with E-state index in [1.807, 2.05) is 35.2 Å². The first-order valence-electron chi connectivity index (χ1n) is 8.73. The number of rotatable bonds is 3. The molecule has 7 nitrogen and oxygen atoms in total. The van der Waals surface area contributed by atoms with Gasteiger partial charge in [-0.1, -0.05) is 36.4 Å². The number of aliphatic carboxylic acids is 2. The number of carboxylic acids is 2. The van der Waals surface area contributed by atoms with Gasteiger partial charge in [-0.05, 0) is 25.5 Å². The molecular weight excluding hydrogens is 348 g/mol. The highest BCUT2D eigenvalue weighted by molar-refractivity contribution is 5.94. The van der Waals surface area contributed by atoms with Crippen molar-refractivity contribution in [2.75, 3.05) is 26.2 Å². The molecule has 144 valence electrons. The van der Waals surface area contributed by atoms with Crippen molar-refractivity contribution in [3.8, 4) is 0 Å². The van der Waals surface area contributed by atoms with Crippen molar-refractivity contribution in [1.82, 2.24) is 10.2 Å². The molecule has 1 heterocycles. The Bertz CT molecular complexity index is 751. The predicted molar refractivity (Wildman–Crippen MR) is 100 cm³/mol. The van der Waals surface area contributed by atoms with Gasteiger partial charge < -0.3 is 20.4 Å². The van der Waals surface area contributed by atoms with Crippen molar-refractivity contribution in [2.24, 2.45) is 5.41 Å². The summed E-state index contributed by atoms with van der Waals surface area (Å²) in [5.41, 5.74) is -0.163. The Morgan fingerprint density at radius 3 is 2.26 bits per heavy atom. The van der Waals surface area contributed by atoms with Gasteiger partial charge in [-0.3, -0.25) is 9.59 Å². The van der Waals surface area contributed by atoms with Crippen LogP contribution in [0.15, 0.2) is 54.1 Å². The Balaban J connectivity index is 0.000000194. The quantitative estimate of drug-likeness (QED) is 0.747. The summed E-state index contributed by atoms with van der Waals surface area (Å²) in [4.78, 5) is 35.1. The topological polar surface area (TPSA) is 107 Å². The zero-order valence-electron chi connectivity index (χ0n) is 15.2. The van der Waals surface area contributed by atoms with E-state index in [0.717, 1.165) is 31.7 Å². The summed E-state index contributed by atoms with van der Waals surface area (Å²) in [6, 6.07) is 9.45. The highest BCUT2D eigenvalue weighted by Gasteiger charge is 2.34. The molecule has 2 aliphatic rings. The predicted octanol–water partition coefficient (Wildman–Crippen LogP) is 1.78. The Morgan fingerprint density at radius 2 is 1.70 bits per heavy atom. The first-order chi connectivity index (χ1) is 12.8. The normalized spacial score (nSPS) is 21.5. The van der Waals surface area contributed by atoms with Crippen LogP contribution in [0.5, 0.6) is 0 Å². The summed E-state index contributed by atoms with van der Waals surface area (Å²) in [6.45, 7) is 4.93. The van der Waals surface area contributed by atoms with Crippen molar-refractivity contribution in [3.05, 3.63) is 59.7 Å². The van der Waals surface area contributed by atoms with Gasteiger partial charge in [-0.2, -0.15) is 0 Å². The molecule has 0 radical (unpaired) electrons. The van der Waals surface area contributed by atoms with Gasteiger partial charge in [-0.15, -0.1) is 0 Å². The molecule has 27 heavy (non-hydrogen) atoms. The van der Waals surface area contributed by atoms with Crippen LogP contribution < -0.4 is 5.32 Å². The molecule has 0 aromatic heterocycles. The van der Waals surface area contributed by atoms with Gasteiger partial charge in [0.1, 0.15) is 0 Å². The lowest BCUT2D eigenvalue weighted by Gasteiger charge is -2.27. The first kappa shape index (κ1) is 20.4. The van der Waals surface area contributed by atoms with E-state index in [1.165, 1.54) is 25.2 Å². The first-order valence-corrected chi connectivity index (χ1v) is 8.73. The summed E-state index contributed by atoms with van der Waals surface area (Å²) >= 11 is 0. The van der Waals surface area contributed by atoms with Gasteiger partial charge in [0.2, 0.25) is 0 Å². The molecule has 7 heteroatoms. The second-order valence-corrected chi connectivity index (χ2v) is 6.66. The van der Waals surface area contributed by atoms with Crippen LogP contribution in [0.4, 0.5) is 0 Å². The molecule has 0 unspecified atom stereocenters. The Labute approximate surface area is 158 Å². The zero-order chi connectivity index (χ0) is 19.9. The van der Waals surface area contributed by atoms with Crippen LogP contribution >= 0.6 is 0 Å². The Hall–Kier alpha value is -2.93. The number of carbonyl (C=O) groups is 3. The summed E-state index contributed by atoms with van der Waals surface area (Å²) in [7, 11) is 0. The monoisotopic (exact) mass is 372 g/mol. The fourth-order valence-corrected chi connectivity index (χ4v) is 2.82. The highest BCUT2D eigenvalue weighted by Crippen LogP contribution is 2.31. The number of hydrogen-bond donors (Lipinski definition) is 3. The third kappa shape index (κ3) is 5.52. The molecule has 1 amide bonds. The van der Waals surface area contributed by atoms with E-state index in [4.69, 9.17) is 10.2 Å². The average molecular weight is 372 g/mol. The second-order valence-electron chi connectivity index (χ2n) is 6.66. The minimum Gasteiger partial charge on any atom is -0.481 e. The van der Waals surface area contributed by atoms with Gasteiger partial charge >= 0.3 is 11.9 Å². The lowest BCUT2D eigenvalue weighted by molar-refractivity contribution is -0.145. The second kappa shape index (κ2) is 9.14. The van der Waals surface area contributed by atoms with Crippen LogP contribution in [0.2, 0.25) is 0 Å². The van der Waals surface area contributed by atoms with Crippen molar-refractivity contribution < 1.29 is 24.6 Å². The van der Waals surface area contributed by atoms with Crippen LogP contribution in [-0.2, 0) is 9.59 Å². The van der Waals surface area contributed by atoms with E-state index >= 15 is 0 Å². The Morgan fingerprint density at radius 1 is 1.07 bits per heavy atom. The third-order valence-corrected chi connectivity index (χ3v) is 4.51. The molecule has 1 aliphatic heterocycles. The summed E-state index contributed by atoms with van der Waals surface area (Å²) in [5, 5.41) is 20.7. The molecule has 1 fully saturated rings.